The summed E-state index contributed by atoms with van der Waals surface area (Å²) in [4.78, 5) is 12.4. The normalized spacial score (nSPS) is 14.4. The SMILES string of the molecule is CCc1cccc(C)c1NC(=O)CCc1cccc(OC2CCCC2)c1. The number of anilines is 1. The molecule has 1 fully saturated rings. The first-order valence-electron chi connectivity index (χ1n) is 9.79. The Balaban J connectivity index is 1.56. The predicted molar refractivity (Wildman–Crippen MR) is 107 cm³/mol. The second-order valence-corrected chi connectivity index (χ2v) is 7.18. The van der Waals surface area contributed by atoms with Crippen molar-refractivity contribution in [3.05, 3.63) is 59.2 Å². The molecule has 2 aromatic carbocycles. The Morgan fingerprint density at radius 3 is 2.69 bits per heavy atom. The van der Waals surface area contributed by atoms with E-state index >= 15 is 0 Å². The maximum atomic E-state index is 12.4. The number of aryl methyl sites for hydroxylation is 3. The van der Waals surface area contributed by atoms with Crippen molar-refractivity contribution in [1.29, 1.82) is 0 Å². The number of carbonyl (C=O) groups excluding carboxylic acids is 1. The van der Waals surface area contributed by atoms with Crippen LogP contribution in [-0.4, -0.2) is 12.0 Å². The van der Waals surface area contributed by atoms with E-state index < -0.39 is 0 Å². The number of rotatable bonds is 7. The average Bonchev–Trinajstić information content (AvgIpc) is 3.15. The molecule has 0 aromatic heterocycles. The van der Waals surface area contributed by atoms with Crippen LogP contribution < -0.4 is 10.1 Å². The minimum absolute atomic E-state index is 0.0658. The highest BCUT2D eigenvalue weighted by Gasteiger charge is 2.16. The lowest BCUT2D eigenvalue weighted by atomic mass is 10.0. The van der Waals surface area contributed by atoms with Crippen molar-refractivity contribution >= 4 is 11.6 Å². The molecule has 0 atom stereocenters. The van der Waals surface area contributed by atoms with Crippen LogP contribution in [0.3, 0.4) is 0 Å². The fourth-order valence-corrected chi connectivity index (χ4v) is 3.63. The second-order valence-electron chi connectivity index (χ2n) is 7.18. The summed E-state index contributed by atoms with van der Waals surface area (Å²) < 4.78 is 6.06. The molecule has 0 aliphatic heterocycles. The molecule has 1 saturated carbocycles. The lowest BCUT2D eigenvalue weighted by Gasteiger charge is -2.14. The van der Waals surface area contributed by atoms with Gasteiger partial charge in [-0.05, 0) is 74.3 Å². The lowest BCUT2D eigenvalue weighted by Crippen LogP contribution is -2.15. The third-order valence-electron chi connectivity index (χ3n) is 5.15. The molecule has 1 aliphatic rings. The molecule has 138 valence electrons. The van der Waals surface area contributed by atoms with Gasteiger partial charge in [-0.15, -0.1) is 0 Å². The molecule has 0 heterocycles. The van der Waals surface area contributed by atoms with Gasteiger partial charge in [0, 0.05) is 12.1 Å². The molecule has 3 nitrogen and oxygen atoms in total. The van der Waals surface area contributed by atoms with E-state index in [1.54, 1.807) is 0 Å². The third kappa shape index (κ3) is 4.87. The van der Waals surface area contributed by atoms with Gasteiger partial charge in [-0.25, -0.2) is 0 Å². The summed E-state index contributed by atoms with van der Waals surface area (Å²) in [5.74, 6) is 0.998. The molecule has 26 heavy (non-hydrogen) atoms. The van der Waals surface area contributed by atoms with E-state index in [1.165, 1.54) is 18.4 Å². The van der Waals surface area contributed by atoms with Crippen LogP contribution in [0.5, 0.6) is 5.75 Å². The third-order valence-corrected chi connectivity index (χ3v) is 5.15. The molecule has 0 saturated heterocycles. The zero-order chi connectivity index (χ0) is 18.4. The molecule has 3 rings (SSSR count). The number of benzene rings is 2. The lowest BCUT2D eigenvalue weighted by molar-refractivity contribution is -0.116. The van der Waals surface area contributed by atoms with Crippen LogP contribution >= 0.6 is 0 Å². The fraction of sp³-hybridized carbons (Fsp3) is 0.435. The highest BCUT2D eigenvalue weighted by molar-refractivity contribution is 5.92. The molecule has 0 unspecified atom stereocenters. The van der Waals surface area contributed by atoms with Gasteiger partial charge >= 0.3 is 0 Å². The zero-order valence-electron chi connectivity index (χ0n) is 15.9. The van der Waals surface area contributed by atoms with Crippen LogP contribution in [0.1, 0.15) is 55.7 Å². The van der Waals surface area contributed by atoms with E-state index in [9.17, 15) is 4.79 Å². The molecule has 3 heteroatoms. The Hall–Kier alpha value is -2.29. The zero-order valence-corrected chi connectivity index (χ0v) is 15.9. The Kier molecular flexibility index (Phi) is 6.32. The van der Waals surface area contributed by atoms with E-state index in [2.05, 4.69) is 30.4 Å². The number of para-hydroxylation sites is 1. The average molecular weight is 351 g/mol. The summed E-state index contributed by atoms with van der Waals surface area (Å²) in [6, 6.07) is 14.3. The van der Waals surface area contributed by atoms with Crippen LogP contribution in [-0.2, 0) is 17.6 Å². The minimum Gasteiger partial charge on any atom is -0.490 e. The summed E-state index contributed by atoms with van der Waals surface area (Å²) in [5.41, 5.74) is 4.42. The van der Waals surface area contributed by atoms with Crippen LogP contribution in [0.4, 0.5) is 5.69 Å². The van der Waals surface area contributed by atoms with Gasteiger partial charge in [0.15, 0.2) is 0 Å². The number of hydrogen-bond acceptors (Lipinski definition) is 2. The second kappa shape index (κ2) is 8.88. The number of nitrogens with one attached hydrogen (secondary N) is 1. The van der Waals surface area contributed by atoms with E-state index in [0.717, 1.165) is 48.2 Å². The maximum absolute atomic E-state index is 12.4. The van der Waals surface area contributed by atoms with E-state index in [0.29, 0.717) is 12.5 Å². The Labute approximate surface area is 156 Å². The molecule has 0 radical (unpaired) electrons. The van der Waals surface area contributed by atoms with Crippen molar-refractivity contribution < 1.29 is 9.53 Å². The van der Waals surface area contributed by atoms with Gasteiger partial charge in [0.05, 0.1) is 6.10 Å². The first kappa shape index (κ1) is 18.5. The molecule has 0 spiro atoms. The van der Waals surface area contributed by atoms with Crippen molar-refractivity contribution in [2.24, 2.45) is 0 Å². The minimum atomic E-state index is 0.0658. The fourth-order valence-electron chi connectivity index (χ4n) is 3.63. The van der Waals surface area contributed by atoms with Crippen molar-refractivity contribution in [3.8, 4) is 5.75 Å². The molecule has 1 amide bonds. The van der Waals surface area contributed by atoms with Crippen molar-refractivity contribution in [2.45, 2.75) is 64.9 Å². The number of hydrogen-bond donors (Lipinski definition) is 1. The quantitative estimate of drug-likeness (QED) is 0.720. The smallest absolute Gasteiger partial charge is 0.224 e. The molecular weight excluding hydrogens is 322 g/mol. The van der Waals surface area contributed by atoms with Gasteiger partial charge in [-0.2, -0.15) is 0 Å². The summed E-state index contributed by atoms with van der Waals surface area (Å²) >= 11 is 0. The van der Waals surface area contributed by atoms with Gasteiger partial charge in [-0.1, -0.05) is 37.3 Å². The van der Waals surface area contributed by atoms with Crippen molar-refractivity contribution in [2.75, 3.05) is 5.32 Å². The van der Waals surface area contributed by atoms with Crippen LogP contribution in [0.25, 0.3) is 0 Å². The number of amides is 1. The first-order chi connectivity index (χ1) is 12.7. The van der Waals surface area contributed by atoms with Crippen LogP contribution in [0.15, 0.2) is 42.5 Å². The molecule has 2 aromatic rings. The topological polar surface area (TPSA) is 38.3 Å². The van der Waals surface area contributed by atoms with Gasteiger partial charge in [0.25, 0.3) is 0 Å². The molecule has 1 N–H and O–H groups in total. The highest BCUT2D eigenvalue weighted by Crippen LogP contribution is 2.25. The van der Waals surface area contributed by atoms with Gasteiger partial charge in [-0.3, -0.25) is 4.79 Å². The maximum Gasteiger partial charge on any atom is 0.224 e. The van der Waals surface area contributed by atoms with Gasteiger partial charge < -0.3 is 10.1 Å². The van der Waals surface area contributed by atoms with E-state index in [1.807, 2.05) is 31.2 Å². The summed E-state index contributed by atoms with van der Waals surface area (Å²) in [6.07, 6.45) is 7.32. The Morgan fingerprint density at radius 1 is 1.15 bits per heavy atom. The molecular formula is C23H29NO2. The van der Waals surface area contributed by atoms with Crippen molar-refractivity contribution in [1.82, 2.24) is 0 Å². The first-order valence-corrected chi connectivity index (χ1v) is 9.79. The largest absolute Gasteiger partial charge is 0.490 e. The van der Waals surface area contributed by atoms with E-state index in [-0.39, 0.29) is 5.91 Å². The van der Waals surface area contributed by atoms with Crippen molar-refractivity contribution in [3.63, 3.8) is 0 Å². The Morgan fingerprint density at radius 2 is 1.92 bits per heavy atom. The van der Waals surface area contributed by atoms with Crippen LogP contribution in [0.2, 0.25) is 0 Å². The predicted octanol–water partition coefficient (Wildman–Crippen LogP) is 5.45. The summed E-state index contributed by atoms with van der Waals surface area (Å²) in [6.45, 7) is 4.15. The molecule has 0 bridgehead atoms. The highest BCUT2D eigenvalue weighted by atomic mass is 16.5. The monoisotopic (exact) mass is 351 g/mol. The van der Waals surface area contributed by atoms with E-state index in [4.69, 9.17) is 4.74 Å². The number of ether oxygens (including phenoxy) is 1. The standard InChI is InChI=1S/C23H29NO2/c1-3-19-10-6-8-17(2)23(19)24-22(25)15-14-18-9-7-13-21(16-18)26-20-11-4-5-12-20/h6-10,13,16,20H,3-5,11-12,14-15H2,1-2H3,(H,24,25). The van der Waals surface area contributed by atoms with Gasteiger partial charge in [0.2, 0.25) is 5.91 Å². The van der Waals surface area contributed by atoms with Crippen LogP contribution in [0, 0.1) is 6.92 Å². The summed E-state index contributed by atoms with van der Waals surface area (Å²) in [5, 5.41) is 3.10. The van der Waals surface area contributed by atoms with Gasteiger partial charge in [0.1, 0.15) is 5.75 Å². The number of carbonyl (C=O) groups is 1. The molecule has 1 aliphatic carbocycles. The summed E-state index contributed by atoms with van der Waals surface area (Å²) in [7, 11) is 0. The Bertz CT molecular complexity index is 748.